The van der Waals surface area contributed by atoms with Crippen molar-refractivity contribution in [1.82, 2.24) is 0 Å². The quantitative estimate of drug-likeness (QED) is 0.517. The average Bonchev–Trinajstić information content (AvgIpc) is 2.66. The van der Waals surface area contributed by atoms with Crippen molar-refractivity contribution in [1.29, 1.82) is 0 Å². The molecule has 29 heavy (non-hydrogen) atoms. The molecule has 1 amide bonds. The molecule has 10 heteroatoms. The summed E-state index contributed by atoms with van der Waals surface area (Å²) in [5.41, 5.74) is 1.08. The smallest absolute Gasteiger partial charge is 0.274 e. The van der Waals surface area contributed by atoms with Crippen molar-refractivity contribution in [3.63, 3.8) is 0 Å². The van der Waals surface area contributed by atoms with Crippen LogP contribution in [0.25, 0.3) is 0 Å². The van der Waals surface area contributed by atoms with Gasteiger partial charge in [-0.3, -0.25) is 19.2 Å². The van der Waals surface area contributed by atoms with Gasteiger partial charge in [0.15, 0.2) is 6.10 Å². The lowest BCUT2D eigenvalue weighted by Gasteiger charge is -2.20. The predicted molar refractivity (Wildman–Crippen MR) is 111 cm³/mol. The Bertz CT molecular complexity index is 1010. The third-order valence-electron chi connectivity index (χ3n) is 4.40. The molecular weight excluding hydrogens is 398 g/mol. The molecule has 0 aliphatic heterocycles. The summed E-state index contributed by atoms with van der Waals surface area (Å²) in [5.74, 6) is -0.0400. The fourth-order valence-corrected chi connectivity index (χ4v) is 3.09. The topological polar surface area (TPSA) is 119 Å². The first-order chi connectivity index (χ1) is 13.5. The molecule has 0 spiro atoms. The molecule has 0 bridgehead atoms. The van der Waals surface area contributed by atoms with Gasteiger partial charge < -0.3 is 10.1 Å². The van der Waals surface area contributed by atoms with Crippen molar-refractivity contribution in [2.45, 2.75) is 26.4 Å². The van der Waals surface area contributed by atoms with Crippen LogP contribution in [-0.2, 0) is 14.8 Å². The molecule has 9 nitrogen and oxygen atoms in total. The Hall–Kier alpha value is -3.14. The molecule has 2 aromatic carbocycles. The van der Waals surface area contributed by atoms with Crippen LogP contribution in [0.3, 0.4) is 0 Å². The number of amides is 1. The molecule has 2 aromatic rings. The third kappa shape index (κ3) is 5.44. The molecule has 2 rings (SSSR count). The van der Waals surface area contributed by atoms with Gasteiger partial charge in [-0.05, 0) is 43.7 Å². The summed E-state index contributed by atoms with van der Waals surface area (Å²) < 4.78 is 30.0. The zero-order valence-corrected chi connectivity index (χ0v) is 17.4. The maximum absolute atomic E-state index is 12.6. The summed E-state index contributed by atoms with van der Waals surface area (Å²) in [7, 11) is -1.94. The summed E-state index contributed by atoms with van der Waals surface area (Å²) >= 11 is 0. The lowest BCUT2D eigenvalue weighted by molar-refractivity contribution is -0.385. The second-order valence-electron chi connectivity index (χ2n) is 6.44. The standard InChI is InChI=1S/C19H23N3O6S/c1-5-18(19(23)20-16-7-6-8-17(13(16)2)22(24)25)28-15-11-9-14(10-12-15)21(3)29(4,26)27/h6-12,18H,5H2,1-4H3,(H,20,23)/t18-/m1/s1. The van der Waals surface area contributed by atoms with Crippen LogP contribution >= 0.6 is 0 Å². The molecular formula is C19H23N3O6S. The van der Waals surface area contributed by atoms with E-state index in [4.69, 9.17) is 4.74 Å². The van der Waals surface area contributed by atoms with Crippen molar-refractivity contribution in [3.05, 3.63) is 58.1 Å². The molecule has 156 valence electrons. The molecule has 0 heterocycles. The highest BCUT2D eigenvalue weighted by Crippen LogP contribution is 2.26. The van der Waals surface area contributed by atoms with E-state index < -0.39 is 27.0 Å². The Morgan fingerprint density at radius 2 is 1.86 bits per heavy atom. The molecule has 0 aromatic heterocycles. The van der Waals surface area contributed by atoms with Gasteiger partial charge in [-0.25, -0.2) is 8.42 Å². The van der Waals surface area contributed by atoms with Crippen LogP contribution < -0.4 is 14.4 Å². The van der Waals surface area contributed by atoms with Gasteiger partial charge >= 0.3 is 0 Å². The monoisotopic (exact) mass is 421 g/mol. The summed E-state index contributed by atoms with van der Waals surface area (Å²) in [6.45, 7) is 3.34. The van der Waals surface area contributed by atoms with E-state index in [-0.39, 0.29) is 5.69 Å². The first-order valence-corrected chi connectivity index (χ1v) is 10.6. The molecule has 0 saturated heterocycles. The van der Waals surface area contributed by atoms with Crippen LogP contribution in [-0.4, -0.2) is 38.7 Å². The van der Waals surface area contributed by atoms with Crippen molar-refractivity contribution >= 4 is 33.0 Å². The van der Waals surface area contributed by atoms with Crippen molar-refractivity contribution < 1.29 is 22.9 Å². The Balaban J connectivity index is 2.13. The second-order valence-corrected chi connectivity index (χ2v) is 8.45. The van der Waals surface area contributed by atoms with Crippen LogP contribution in [0.1, 0.15) is 18.9 Å². The Morgan fingerprint density at radius 1 is 1.24 bits per heavy atom. The van der Waals surface area contributed by atoms with Gasteiger partial charge in [0, 0.05) is 13.1 Å². The summed E-state index contributed by atoms with van der Waals surface area (Å²) in [6, 6.07) is 10.8. The molecule has 1 atom stereocenters. The van der Waals surface area contributed by atoms with E-state index in [1.807, 2.05) is 0 Å². The number of ether oxygens (including phenoxy) is 1. The number of carbonyl (C=O) groups excluding carboxylic acids is 1. The van der Waals surface area contributed by atoms with Crippen LogP contribution in [0.4, 0.5) is 17.1 Å². The number of nitrogens with zero attached hydrogens (tertiary/aromatic N) is 2. The van der Waals surface area contributed by atoms with E-state index >= 15 is 0 Å². The van der Waals surface area contributed by atoms with E-state index in [1.165, 1.54) is 19.2 Å². The van der Waals surface area contributed by atoms with Gasteiger partial charge in [0.05, 0.1) is 28.1 Å². The van der Waals surface area contributed by atoms with Crippen LogP contribution in [0.15, 0.2) is 42.5 Å². The van der Waals surface area contributed by atoms with Gasteiger partial charge in [-0.15, -0.1) is 0 Å². The first kappa shape index (κ1) is 22.2. The third-order valence-corrected chi connectivity index (χ3v) is 5.60. The average molecular weight is 421 g/mol. The van der Waals surface area contributed by atoms with Crippen LogP contribution in [0, 0.1) is 17.0 Å². The van der Waals surface area contributed by atoms with Gasteiger partial charge in [-0.2, -0.15) is 0 Å². The normalized spacial score (nSPS) is 12.1. The number of rotatable bonds is 8. The van der Waals surface area contributed by atoms with Crippen molar-refractivity contribution in [2.75, 3.05) is 22.9 Å². The largest absolute Gasteiger partial charge is 0.481 e. The van der Waals surface area contributed by atoms with E-state index in [0.29, 0.717) is 29.1 Å². The fourth-order valence-electron chi connectivity index (χ4n) is 2.58. The Kier molecular flexibility index (Phi) is 6.80. The second kappa shape index (κ2) is 8.91. The maximum Gasteiger partial charge on any atom is 0.274 e. The molecule has 0 saturated carbocycles. The summed E-state index contributed by atoms with van der Waals surface area (Å²) in [4.78, 5) is 23.1. The molecule has 0 radical (unpaired) electrons. The number of carbonyl (C=O) groups is 1. The fraction of sp³-hybridized carbons (Fsp3) is 0.316. The lowest BCUT2D eigenvalue weighted by atomic mass is 10.1. The first-order valence-electron chi connectivity index (χ1n) is 8.80. The van der Waals surface area contributed by atoms with E-state index in [2.05, 4.69) is 5.32 Å². The Morgan fingerprint density at radius 3 is 2.38 bits per heavy atom. The number of nitrogens with one attached hydrogen (secondary N) is 1. The van der Waals surface area contributed by atoms with E-state index in [9.17, 15) is 23.3 Å². The van der Waals surface area contributed by atoms with Crippen molar-refractivity contribution in [2.24, 2.45) is 0 Å². The van der Waals surface area contributed by atoms with Crippen LogP contribution in [0.2, 0.25) is 0 Å². The number of benzene rings is 2. The minimum absolute atomic E-state index is 0.0812. The highest BCUT2D eigenvalue weighted by Gasteiger charge is 2.21. The SMILES string of the molecule is CC[C@@H](Oc1ccc(N(C)S(C)(=O)=O)cc1)C(=O)Nc1cccc([N+](=O)[O-])c1C. The number of anilines is 2. The number of nitro groups is 1. The molecule has 0 unspecified atom stereocenters. The van der Waals surface area contributed by atoms with Crippen molar-refractivity contribution in [3.8, 4) is 5.75 Å². The summed E-state index contributed by atoms with van der Waals surface area (Å²) in [5, 5.41) is 13.7. The zero-order valence-electron chi connectivity index (χ0n) is 16.6. The molecule has 0 fully saturated rings. The Labute approximate surface area is 169 Å². The molecule has 1 N–H and O–H groups in total. The predicted octanol–water partition coefficient (Wildman–Crippen LogP) is 3.10. The molecule has 0 aliphatic rings. The van der Waals surface area contributed by atoms with E-state index in [1.54, 1.807) is 44.2 Å². The van der Waals surface area contributed by atoms with Gasteiger partial charge in [0.25, 0.3) is 11.6 Å². The number of sulfonamides is 1. The number of hydrogen-bond acceptors (Lipinski definition) is 6. The van der Waals surface area contributed by atoms with Crippen LogP contribution in [0.5, 0.6) is 5.75 Å². The minimum Gasteiger partial charge on any atom is -0.481 e. The molecule has 0 aliphatic carbocycles. The maximum atomic E-state index is 12.6. The lowest BCUT2D eigenvalue weighted by Crippen LogP contribution is -2.32. The zero-order chi connectivity index (χ0) is 21.8. The summed E-state index contributed by atoms with van der Waals surface area (Å²) in [6.07, 6.45) is 0.641. The highest BCUT2D eigenvalue weighted by molar-refractivity contribution is 7.92. The highest BCUT2D eigenvalue weighted by atomic mass is 32.2. The van der Waals surface area contributed by atoms with Gasteiger partial charge in [0.1, 0.15) is 5.75 Å². The van der Waals surface area contributed by atoms with E-state index in [0.717, 1.165) is 10.6 Å². The number of hydrogen-bond donors (Lipinski definition) is 1. The number of nitro benzene ring substituents is 1. The minimum atomic E-state index is -3.38. The van der Waals surface area contributed by atoms with Gasteiger partial charge in [-0.1, -0.05) is 13.0 Å². The van der Waals surface area contributed by atoms with Gasteiger partial charge in [0.2, 0.25) is 10.0 Å².